The summed E-state index contributed by atoms with van der Waals surface area (Å²) in [4.78, 5) is 30.6. The fourth-order valence-electron chi connectivity index (χ4n) is 3.92. The second-order valence-corrected chi connectivity index (χ2v) is 7.89. The molecule has 2 aromatic heterocycles. The van der Waals surface area contributed by atoms with Gasteiger partial charge in [0.25, 0.3) is 5.91 Å². The second kappa shape index (κ2) is 8.39. The summed E-state index contributed by atoms with van der Waals surface area (Å²) in [6.07, 6.45) is 4.93. The molecule has 10 nitrogen and oxygen atoms in total. The number of nitrogens with zero attached hydrogens (tertiary/aromatic N) is 5. The lowest BCUT2D eigenvalue weighted by atomic mass is 10.0. The number of hydrogen-bond acceptors (Lipinski definition) is 6. The number of amides is 3. The minimum Gasteiger partial charge on any atom is -0.365 e. The van der Waals surface area contributed by atoms with E-state index in [0.717, 1.165) is 24.1 Å². The van der Waals surface area contributed by atoms with Crippen LogP contribution in [0.4, 0.5) is 4.79 Å². The lowest BCUT2D eigenvalue weighted by Gasteiger charge is -2.34. The van der Waals surface area contributed by atoms with Crippen molar-refractivity contribution in [2.24, 2.45) is 0 Å². The standard InChI is InChI=1S/C20H27N7O3/c1-3-6-22-19(29)23-10-16-17-11-30-20(13-27(17)25-24-16)5-8-26(12-20)18(28)15-9-21-7-4-14(15)2/h4,7,9H,3,5-6,8,10-13H2,1-2H3,(H2,22,23,29). The van der Waals surface area contributed by atoms with E-state index in [1.165, 1.54) is 0 Å². The van der Waals surface area contributed by atoms with Crippen molar-refractivity contribution in [3.63, 3.8) is 0 Å². The number of aromatic nitrogens is 4. The SMILES string of the molecule is CCCNC(=O)NCc1nnn2c1COC1(CCN(C(=O)c3cnccc3C)C1)C2. The van der Waals surface area contributed by atoms with E-state index in [-0.39, 0.29) is 11.9 Å². The Morgan fingerprint density at radius 1 is 1.30 bits per heavy atom. The molecule has 1 atom stereocenters. The first kappa shape index (κ1) is 20.3. The Hall–Kier alpha value is -3.01. The van der Waals surface area contributed by atoms with Crippen LogP contribution >= 0.6 is 0 Å². The molecule has 10 heteroatoms. The number of carbonyl (C=O) groups is 2. The molecule has 0 aliphatic carbocycles. The summed E-state index contributed by atoms with van der Waals surface area (Å²) >= 11 is 0. The quantitative estimate of drug-likeness (QED) is 0.756. The zero-order valence-electron chi connectivity index (χ0n) is 17.3. The zero-order valence-corrected chi connectivity index (χ0v) is 17.3. The number of pyridine rings is 1. The molecule has 2 N–H and O–H groups in total. The highest BCUT2D eigenvalue weighted by Crippen LogP contribution is 2.33. The van der Waals surface area contributed by atoms with Gasteiger partial charge >= 0.3 is 6.03 Å². The van der Waals surface area contributed by atoms with Crippen molar-refractivity contribution in [2.75, 3.05) is 19.6 Å². The Morgan fingerprint density at radius 3 is 2.97 bits per heavy atom. The summed E-state index contributed by atoms with van der Waals surface area (Å²) in [5.41, 5.74) is 2.65. The van der Waals surface area contributed by atoms with Gasteiger partial charge in [-0.15, -0.1) is 5.10 Å². The first-order chi connectivity index (χ1) is 14.5. The molecular weight excluding hydrogens is 386 g/mol. The number of hydrogen-bond donors (Lipinski definition) is 2. The third-order valence-corrected chi connectivity index (χ3v) is 5.70. The van der Waals surface area contributed by atoms with Crippen LogP contribution in [-0.2, 0) is 24.4 Å². The average Bonchev–Trinajstić information content (AvgIpc) is 3.34. The molecule has 3 amide bonds. The van der Waals surface area contributed by atoms with Crippen molar-refractivity contribution in [2.45, 2.75) is 52.0 Å². The number of carbonyl (C=O) groups excluding carboxylic acids is 2. The smallest absolute Gasteiger partial charge is 0.315 e. The third-order valence-electron chi connectivity index (χ3n) is 5.70. The average molecular weight is 413 g/mol. The molecule has 2 aliphatic rings. The van der Waals surface area contributed by atoms with E-state index in [1.54, 1.807) is 12.4 Å². The van der Waals surface area contributed by atoms with E-state index in [9.17, 15) is 9.59 Å². The van der Waals surface area contributed by atoms with Crippen LogP contribution in [-0.4, -0.2) is 62.1 Å². The van der Waals surface area contributed by atoms with Crippen molar-refractivity contribution in [1.82, 2.24) is 35.5 Å². The van der Waals surface area contributed by atoms with Gasteiger partial charge in [-0.2, -0.15) is 0 Å². The fraction of sp³-hybridized carbons (Fsp3) is 0.550. The van der Waals surface area contributed by atoms with Crippen LogP contribution < -0.4 is 10.6 Å². The number of fused-ring (bicyclic) bond motifs is 1. The van der Waals surface area contributed by atoms with Gasteiger partial charge in [0, 0.05) is 25.5 Å². The van der Waals surface area contributed by atoms with E-state index in [1.807, 2.05) is 29.5 Å². The molecule has 1 saturated heterocycles. The highest BCUT2D eigenvalue weighted by Gasteiger charge is 2.45. The molecular formula is C20H27N7O3. The van der Waals surface area contributed by atoms with E-state index in [4.69, 9.17) is 4.74 Å². The van der Waals surface area contributed by atoms with Crippen molar-refractivity contribution in [3.05, 3.63) is 41.0 Å². The number of ether oxygens (including phenoxy) is 1. The predicted octanol–water partition coefficient (Wildman–Crippen LogP) is 1.01. The Bertz CT molecular complexity index is 944. The molecule has 1 unspecified atom stereocenters. The Morgan fingerprint density at radius 2 is 2.17 bits per heavy atom. The minimum atomic E-state index is -0.463. The van der Waals surface area contributed by atoms with Crippen molar-refractivity contribution >= 4 is 11.9 Å². The lowest BCUT2D eigenvalue weighted by Crippen LogP contribution is -2.45. The maximum Gasteiger partial charge on any atom is 0.315 e. The summed E-state index contributed by atoms with van der Waals surface area (Å²) in [6, 6.07) is 1.62. The molecule has 1 spiro atoms. The van der Waals surface area contributed by atoms with Gasteiger partial charge in [0.15, 0.2) is 0 Å². The van der Waals surface area contributed by atoms with Gasteiger partial charge in [-0.3, -0.25) is 9.78 Å². The second-order valence-electron chi connectivity index (χ2n) is 7.89. The molecule has 0 aromatic carbocycles. The van der Waals surface area contributed by atoms with E-state index < -0.39 is 5.60 Å². The molecule has 0 saturated carbocycles. The zero-order chi connectivity index (χ0) is 21.1. The van der Waals surface area contributed by atoms with Crippen LogP contribution in [0.15, 0.2) is 18.5 Å². The Labute approximate surface area is 175 Å². The topological polar surface area (TPSA) is 114 Å². The molecule has 0 bridgehead atoms. The summed E-state index contributed by atoms with van der Waals surface area (Å²) in [5.74, 6) is -0.0200. The van der Waals surface area contributed by atoms with E-state index >= 15 is 0 Å². The van der Waals surface area contributed by atoms with Crippen molar-refractivity contribution < 1.29 is 14.3 Å². The van der Waals surface area contributed by atoms with Crippen LogP contribution in [0, 0.1) is 6.92 Å². The van der Waals surface area contributed by atoms with Gasteiger partial charge in [0.05, 0.1) is 37.5 Å². The predicted molar refractivity (Wildman–Crippen MR) is 108 cm³/mol. The van der Waals surface area contributed by atoms with Gasteiger partial charge in [-0.05, 0) is 31.4 Å². The first-order valence-corrected chi connectivity index (χ1v) is 10.3. The summed E-state index contributed by atoms with van der Waals surface area (Å²) < 4.78 is 8.07. The van der Waals surface area contributed by atoms with Crippen LogP contribution in [0.25, 0.3) is 0 Å². The normalized spacial score (nSPS) is 20.3. The number of aryl methyl sites for hydroxylation is 1. The number of likely N-dealkylation sites (tertiary alicyclic amines) is 1. The lowest BCUT2D eigenvalue weighted by molar-refractivity contribution is -0.0828. The largest absolute Gasteiger partial charge is 0.365 e. The molecule has 2 aliphatic heterocycles. The summed E-state index contributed by atoms with van der Waals surface area (Å²) in [7, 11) is 0. The van der Waals surface area contributed by atoms with Crippen molar-refractivity contribution in [1.29, 1.82) is 0 Å². The number of rotatable bonds is 5. The first-order valence-electron chi connectivity index (χ1n) is 10.3. The monoisotopic (exact) mass is 413 g/mol. The van der Waals surface area contributed by atoms with Gasteiger partial charge in [-0.25, -0.2) is 9.48 Å². The molecule has 0 radical (unpaired) electrons. The van der Waals surface area contributed by atoms with E-state index in [0.29, 0.717) is 50.6 Å². The Kier molecular flexibility index (Phi) is 5.67. The molecule has 2 aromatic rings. The number of urea groups is 1. The molecule has 1 fully saturated rings. The van der Waals surface area contributed by atoms with Crippen LogP contribution in [0.3, 0.4) is 0 Å². The third kappa shape index (κ3) is 4.00. The van der Waals surface area contributed by atoms with Crippen LogP contribution in [0.1, 0.15) is 47.1 Å². The molecule has 30 heavy (non-hydrogen) atoms. The summed E-state index contributed by atoms with van der Waals surface area (Å²) in [6.45, 7) is 6.87. The molecule has 160 valence electrons. The molecule has 4 rings (SSSR count). The minimum absolute atomic E-state index is 0.0200. The van der Waals surface area contributed by atoms with Gasteiger partial charge in [0.1, 0.15) is 11.3 Å². The van der Waals surface area contributed by atoms with Gasteiger partial charge in [-0.1, -0.05) is 12.1 Å². The maximum atomic E-state index is 12.9. The maximum absolute atomic E-state index is 12.9. The number of nitrogens with one attached hydrogen (secondary N) is 2. The molecule has 4 heterocycles. The van der Waals surface area contributed by atoms with Gasteiger partial charge in [0.2, 0.25) is 0 Å². The Balaban J connectivity index is 1.39. The van der Waals surface area contributed by atoms with Gasteiger partial charge < -0.3 is 20.3 Å². The highest BCUT2D eigenvalue weighted by atomic mass is 16.5. The summed E-state index contributed by atoms with van der Waals surface area (Å²) in [5, 5.41) is 14.0. The van der Waals surface area contributed by atoms with Crippen LogP contribution in [0.2, 0.25) is 0 Å². The van der Waals surface area contributed by atoms with Crippen molar-refractivity contribution in [3.8, 4) is 0 Å². The van der Waals surface area contributed by atoms with E-state index in [2.05, 4.69) is 25.9 Å². The highest BCUT2D eigenvalue weighted by molar-refractivity contribution is 5.95. The fourth-order valence-corrected chi connectivity index (χ4v) is 3.92. The van der Waals surface area contributed by atoms with Crippen LogP contribution in [0.5, 0.6) is 0 Å².